The first-order chi connectivity index (χ1) is 9.74. The Balaban J connectivity index is 2.11. The number of amides is 2. The smallest absolute Gasteiger partial charge is 0.410 e. The summed E-state index contributed by atoms with van der Waals surface area (Å²) >= 11 is 0. The van der Waals surface area contributed by atoms with Gasteiger partial charge in [0.1, 0.15) is 5.60 Å². The number of rotatable bonds is 1. The van der Waals surface area contributed by atoms with E-state index in [0.29, 0.717) is 25.5 Å². The summed E-state index contributed by atoms with van der Waals surface area (Å²) in [6, 6.07) is 1.80. The number of carbonyl (C=O) groups is 2. The lowest BCUT2D eigenvalue weighted by Gasteiger charge is -2.26. The van der Waals surface area contributed by atoms with E-state index in [1.54, 1.807) is 11.0 Å². The van der Waals surface area contributed by atoms with Gasteiger partial charge in [-0.3, -0.25) is 9.48 Å². The zero-order valence-electron chi connectivity index (χ0n) is 13.0. The number of hydrogen-bond acceptors (Lipinski definition) is 4. The Bertz CT molecular complexity index is 545. The molecule has 1 aliphatic rings. The lowest BCUT2D eigenvalue weighted by Crippen LogP contribution is -2.36. The van der Waals surface area contributed by atoms with Crippen molar-refractivity contribution < 1.29 is 14.3 Å². The highest BCUT2D eigenvalue weighted by Crippen LogP contribution is 2.18. The highest BCUT2D eigenvalue weighted by atomic mass is 16.6. The molecule has 7 nitrogen and oxygen atoms in total. The average Bonchev–Trinajstić information content (AvgIpc) is 2.55. The van der Waals surface area contributed by atoms with Crippen LogP contribution in [0.5, 0.6) is 0 Å². The fourth-order valence-electron chi connectivity index (χ4n) is 2.19. The Morgan fingerprint density at radius 2 is 2.05 bits per heavy atom. The second-order valence-electron chi connectivity index (χ2n) is 6.18. The van der Waals surface area contributed by atoms with Gasteiger partial charge in [0, 0.05) is 26.1 Å². The van der Waals surface area contributed by atoms with E-state index < -0.39 is 5.60 Å². The molecule has 0 spiro atoms. The molecule has 0 aliphatic carbocycles. The molecule has 0 fully saturated rings. The molecule has 0 unspecified atom stereocenters. The summed E-state index contributed by atoms with van der Waals surface area (Å²) in [5.74, 6) is 0.357. The maximum absolute atomic E-state index is 12.2. The number of hydrogen-bond donors (Lipinski definition) is 1. The molecule has 0 aromatic carbocycles. The van der Waals surface area contributed by atoms with Crippen molar-refractivity contribution in [3.63, 3.8) is 0 Å². The maximum atomic E-state index is 12.2. The number of aromatic nitrogens is 2. The third-order valence-electron chi connectivity index (χ3n) is 2.97. The lowest BCUT2D eigenvalue weighted by atomic mass is 10.2. The molecular formula is C14H22N4O3. The summed E-state index contributed by atoms with van der Waals surface area (Å²) in [6.45, 7) is 8.77. The summed E-state index contributed by atoms with van der Waals surface area (Å²) in [4.78, 5) is 24.9. The summed E-state index contributed by atoms with van der Waals surface area (Å²) in [7, 11) is 0. The van der Waals surface area contributed by atoms with Crippen LogP contribution in [0.25, 0.3) is 0 Å². The minimum absolute atomic E-state index is 0.160. The highest BCUT2D eigenvalue weighted by Gasteiger charge is 2.25. The number of nitrogens with one attached hydrogen (secondary N) is 1. The average molecular weight is 294 g/mol. The van der Waals surface area contributed by atoms with E-state index >= 15 is 0 Å². The zero-order valence-corrected chi connectivity index (χ0v) is 13.0. The maximum Gasteiger partial charge on any atom is 0.410 e. The van der Waals surface area contributed by atoms with E-state index in [1.165, 1.54) is 6.92 Å². The van der Waals surface area contributed by atoms with Crippen molar-refractivity contribution in [3.05, 3.63) is 11.8 Å². The second kappa shape index (κ2) is 5.75. The van der Waals surface area contributed by atoms with E-state index in [2.05, 4.69) is 10.4 Å². The van der Waals surface area contributed by atoms with Gasteiger partial charge in [-0.15, -0.1) is 0 Å². The van der Waals surface area contributed by atoms with Gasteiger partial charge in [0.05, 0.1) is 12.2 Å². The third-order valence-corrected chi connectivity index (χ3v) is 2.97. The molecular weight excluding hydrogens is 272 g/mol. The standard InChI is InChI=1S/C14H22N4O3/c1-10(19)15-12-8-11-9-17(6-5-7-18(11)16-12)13(20)21-14(2,3)4/h8H,5-7,9H2,1-4H3,(H,15,16,19). The predicted molar refractivity (Wildman–Crippen MR) is 77.8 cm³/mol. The molecule has 0 saturated carbocycles. The number of anilines is 1. The fourth-order valence-corrected chi connectivity index (χ4v) is 2.19. The van der Waals surface area contributed by atoms with Gasteiger partial charge in [-0.2, -0.15) is 5.10 Å². The fraction of sp³-hybridized carbons (Fsp3) is 0.643. The molecule has 0 atom stereocenters. The molecule has 1 aromatic rings. The molecule has 7 heteroatoms. The topological polar surface area (TPSA) is 76.5 Å². The first kappa shape index (κ1) is 15.3. The van der Waals surface area contributed by atoms with E-state index in [1.807, 2.05) is 25.5 Å². The van der Waals surface area contributed by atoms with Gasteiger partial charge in [-0.25, -0.2) is 4.79 Å². The van der Waals surface area contributed by atoms with Crippen LogP contribution in [-0.4, -0.2) is 38.8 Å². The molecule has 1 N–H and O–H groups in total. The number of ether oxygens (including phenoxy) is 1. The van der Waals surface area contributed by atoms with Crippen molar-refractivity contribution >= 4 is 17.8 Å². The van der Waals surface area contributed by atoms with Crippen LogP contribution in [0.2, 0.25) is 0 Å². The number of nitrogens with zero attached hydrogens (tertiary/aromatic N) is 3. The highest BCUT2D eigenvalue weighted by molar-refractivity contribution is 5.87. The van der Waals surface area contributed by atoms with Crippen molar-refractivity contribution in [2.24, 2.45) is 0 Å². The van der Waals surface area contributed by atoms with Crippen LogP contribution in [0.15, 0.2) is 6.07 Å². The van der Waals surface area contributed by atoms with Gasteiger partial charge in [0.25, 0.3) is 0 Å². The zero-order chi connectivity index (χ0) is 15.6. The van der Waals surface area contributed by atoms with E-state index in [-0.39, 0.29) is 12.0 Å². The molecule has 21 heavy (non-hydrogen) atoms. The molecule has 2 amide bonds. The van der Waals surface area contributed by atoms with Crippen LogP contribution in [0, 0.1) is 0 Å². The van der Waals surface area contributed by atoms with E-state index in [4.69, 9.17) is 4.74 Å². The van der Waals surface area contributed by atoms with E-state index in [0.717, 1.165) is 12.1 Å². The van der Waals surface area contributed by atoms with Gasteiger partial charge in [-0.05, 0) is 27.2 Å². The van der Waals surface area contributed by atoms with Crippen molar-refractivity contribution in [1.82, 2.24) is 14.7 Å². The molecule has 116 valence electrons. The molecule has 1 aromatic heterocycles. The van der Waals surface area contributed by atoms with Crippen LogP contribution >= 0.6 is 0 Å². The van der Waals surface area contributed by atoms with Gasteiger partial charge in [0.2, 0.25) is 5.91 Å². The number of carbonyl (C=O) groups excluding carboxylic acids is 2. The minimum Gasteiger partial charge on any atom is -0.444 e. The monoisotopic (exact) mass is 294 g/mol. The van der Waals surface area contributed by atoms with Crippen molar-refractivity contribution in [3.8, 4) is 0 Å². The molecule has 1 aliphatic heterocycles. The summed E-state index contributed by atoms with van der Waals surface area (Å²) < 4.78 is 7.24. The summed E-state index contributed by atoms with van der Waals surface area (Å²) in [6.07, 6.45) is 0.478. The van der Waals surface area contributed by atoms with Crippen LogP contribution < -0.4 is 5.32 Å². The molecule has 0 saturated heterocycles. The SMILES string of the molecule is CC(=O)Nc1cc2n(n1)CCCN(C(=O)OC(C)(C)C)C2. The van der Waals surface area contributed by atoms with Crippen molar-refractivity contribution in [2.45, 2.75) is 52.8 Å². The Hall–Kier alpha value is -2.05. The molecule has 0 bridgehead atoms. The van der Waals surface area contributed by atoms with Gasteiger partial charge >= 0.3 is 6.09 Å². The van der Waals surface area contributed by atoms with Gasteiger partial charge in [0.15, 0.2) is 5.82 Å². The normalized spacial score (nSPS) is 15.1. The van der Waals surface area contributed by atoms with Crippen LogP contribution in [0.4, 0.5) is 10.6 Å². The van der Waals surface area contributed by atoms with Crippen molar-refractivity contribution in [2.75, 3.05) is 11.9 Å². The Morgan fingerprint density at radius 3 is 2.67 bits per heavy atom. The van der Waals surface area contributed by atoms with Crippen LogP contribution in [0.3, 0.4) is 0 Å². The first-order valence-electron chi connectivity index (χ1n) is 7.07. The summed E-state index contributed by atoms with van der Waals surface area (Å²) in [5, 5.41) is 6.98. The quantitative estimate of drug-likeness (QED) is 0.859. The molecule has 2 heterocycles. The van der Waals surface area contributed by atoms with Gasteiger partial charge in [-0.1, -0.05) is 0 Å². The predicted octanol–water partition coefficient (Wildman–Crippen LogP) is 1.98. The summed E-state index contributed by atoms with van der Waals surface area (Å²) in [5.41, 5.74) is 0.382. The Morgan fingerprint density at radius 1 is 1.33 bits per heavy atom. The molecule has 0 radical (unpaired) electrons. The first-order valence-corrected chi connectivity index (χ1v) is 7.07. The second-order valence-corrected chi connectivity index (χ2v) is 6.18. The Labute approximate surface area is 124 Å². The lowest BCUT2D eigenvalue weighted by molar-refractivity contribution is -0.114. The number of fused-ring (bicyclic) bond motifs is 1. The van der Waals surface area contributed by atoms with Crippen LogP contribution in [0.1, 0.15) is 39.8 Å². The largest absolute Gasteiger partial charge is 0.444 e. The number of aryl methyl sites for hydroxylation is 1. The Kier molecular flexibility index (Phi) is 4.20. The van der Waals surface area contributed by atoms with E-state index in [9.17, 15) is 9.59 Å². The molecule has 2 rings (SSSR count). The minimum atomic E-state index is -0.509. The van der Waals surface area contributed by atoms with Crippen LogP contribution in [-0.2, 0) is 22.6 Å². The van der Waals surface area contributed by atoms with Gasteiger partial charge < -0.3 is 15.0 Å². The third kappa shape index (κ3) is 4.21. The van der Waals surface area contributed by atoms with Crippen molar-refractivity contribution in [1.29, 1.82) is 0 Å².